The Kier molecular flexibility index (Phi) is 5.26. The van der Waals surface area contributed by atoms with Crippen LogP contribution in [0.4, 0.5) is 0 Å². The van der Waals surface area contributed by atoms with Crippen molar-refractivity contribution >= 4 is 20.9 Å². The molecule has 5 heteroatoms. The highest BCUT2D eigenvalue weighted by molar-refractivity contribution is 7.89. The molecule has 0 saturated heterocycles. The van der Waals surface area contributed by atoms with Gasteiger partial charge in [-0.3, -0.25) is 0 Å². The first kappa shape index (κ1) is 19.4. The topological polar surface area (TPSA) is 53.2 Å². The van der Waals surface area contributed by atoms with E-state index in [0.717, 1.165) is 22.0 Å². The summed E-state index contributed by atoms with van der Waals surface area (Å²) in [4.78, 5) is 3.10. The standard InChI is InChI=1S/C24H24N2O2S/c1-18(2)26(29(27,28)23-17-21-15-9-10-16-22(21)25-23)24(19-11-5-3-6-12-19)20-13-7-4-8-14-20/h3-18,24-25H,1-2H3. The molecule has 1 heterocycles. The van der Waals surface area contributed by atoms with E-state index in [0.29, 0.717) is 0 Å². The molecule has 4 aromatic rings. The van der Waals surface area contributed by atoms with E-state index in [1.165, 1.54) is 0 Å². The summed E-state index contributed by atoms with van der Waals surface area (Å²) in [6, 6.07) is 28.2. The van der Waals surface area contributed by atoms with E-state index in [2.05, 4.69) is 4.98 Å². The molecule has 0 saturated carbocycles. The van der Waals surface area contributed by atoms with Crippen LogP contribution in [0.15, 0.2) is 96.0 Å². The molecule has 148 valence electrons. The lowest BCUT2D eigenvalue weighted by Gasteiger charge is -2.34. The number of rotatable bonds is 6. The fraction of sp³-hybridized carbons (Fsp3) is 0.167. The SMILES string of the molecule is CC(C)N(C(c1ccccc1)c1ccccc1)S(=O)(=O)c1cc2ccccc2[nH]1. The van der Waals surface area contributed by atoms with Gasteiger partial charge in [0.05, 0.1) is 6.04 Å². The molecule has 0 atom stereocenters. The van der Waals surface area contributed by atoms with Crippen LogP contribution in [0.3, 0.4) is 0 Å². The van der Waals surface area contributed by atoms with E-state index >= 15 is 0 Å². The third kappa shape index (κ3) is 3.71. The second-order valence-electron chi connectivity index (χ2n) is 7.37. The molecule has 1 aromatic heterocycles. The smallest absolute Gasteiger partial charge is 0.259 e. The van der Waals surface area contributed by atoms with Crippen molar-refractivity contribution in [1.29, 1.82) is 0 Å². The molecule has 4 nitrogen and oxygen atoms in total. The number of benzene rings is 3. The van der Waals surface area contributed by atoms with E-state index in [9.17, 15) is 8.42 Å². The van der Waals surface area contributed by atoms with Gasteiger partial charge in [-0.1, -0.05) is 78.9 Å². The molecule has 0 amide bonds. The van der Waals surface area contributed by atoms with Gasteiger partial charge in [0.2, 0.25) is 0 Å². The third-order valence-corrected chi connectivity index (χ3v) is 7.02. The first-order valence-electron chi connectivity index (χ1n) is 9.69. The maximum atomic E-state index is 13.8. The number of fused-ring (bicyclic) bond motifs is 1. The molecule has 4 rings (SSSR count). The lowest BCUT2D eigenvalue weighted by atomic mass is 9.98. The van der Waals surface area contributed by atoms with E-state index in [-0.39, 0.29) is 11.1 Å². The summed E-state index contributed by atoms with van der Waals surface area (Å²) in [7, 11) is -3.78. The second-order valence-corrected chi connectivity index (χ2v) is 9.19. The van der Waals surface area contributed by atoms with E-state index in [4.69, 9.17) is 0 Å². The average molecular weight is 405 g/mol. The van der Waals surface area contributed by atoms with Gasteiger partial charge in [0.15, 0.2) is 0 Å². The zero-order valence-electron chi connectivity index (χ0n) is 16.5. The summed E-state index contributed by atoms with van der Waals surface area (Å²) in [5.74, 6) is 0. The number of para-hydroxylation sites is 1. The lowest BCUT2D eigenvalue weighted by Crippen LogP contribution is -2.40. The number of sulfonamides is 1. The van der Waals surface area contributed by atoms with Crippen LogP contribution < -0.4 is 0 Å². The average Bonchev–Trinajstić information content (AvgIpc) is 3.18. The van der Waals surface area contributed by atoms with Gasteiger partial charge in [-0.15, -0.1) is 0 Å². The molecule has 1 N–H and O–H groups in total. The number of hydrogen-bond donors (Lipinski definition) is 1. The molecule has 0 spiro atoms. The Morgan fingerprint density at radius 3 is 1.79 bits per heavy atom. The summed E-state index contributed by atoms with van der Waals surface area (Å²) in [6.45, 7) is 3.83. The Morgan fingerprint density at radius 2 is 1.28 bits per heavy atom. The summed E-state index contributed by atoms with van der Waals surface area (Å²) in [5.41, 5.74) is 2.69. The van der Waals surface area contributed by atoms with E-state index in [1.807, 2.05) is 98.8 Å². The van der Waals surface area contributed by atoms with Gasteiger partial charge < -0.3 is 4.98 Å². The van der Waals surface area contributed by atoms with Crippen molar-refractivity contribution in [3.05, 3.63) is 102 Å². The minimum absolute atomic E-state index is 0.212. The van der Waals surface area contributed by atoms with Crippen LogP contribution in [0.5, 0.6) is 0 Å². The number of aromatic amines is 1. The van der Waals surface area contributed by atoms with Crippen molar-refractivity contribution in [2.75, 3.05) is 0 Å². The predicted molar refractivity (Wildman–Crippen MR) is 117 cm³/mol. The summed E-state index contributed by atoms with van der Waals surface area (Å²) in [5, 5.41) is 1.09. The van der Waals surface area contributed by atoms with Crippen molar-refractivity contribution in [3.8, 4) is 0 Å². The zero-order chi connectivity index (χ0) is 20.4. The molecule has 0 aliphatic heterocycles. The fourth-order valence-corrected chi connectivity index (χ4v) is 5.59. The molecule has 29 heavy (non-hydrogen) atoms. The van der Waals surface area contributed by atoms with Crippen molar-refractivity contribution in [1.82, 2.24) is 9.29 Å². The first-order chi connectivity index (χ1) is 14.0. The quantitative estimate of drug-likeness (QED) is 0.470. The first-order valence-corrected chi connectivity index (χ1v) is 11.1. The van der Waals surface area contributed by atoms with Gasteiger partial charge in [-0.2, -0.15) is 4.31 Å². The van der Waals surface area contributed by atoms with Crippen molar-refractivity contribution in [2.24, 2.45) is 0 Å². The Hall–Kier alpha value is -2.89. The van der Waals surface area contributed by atoms with Crippen molar-refractivity contribution in [2.45, 2.75) is 31.0 Å². The molecular formula is C24H24N2O2S. The van der Waals surface area contributed by atoms with Crippen LogP contribution in [-0.4, -0.2) is 23.7 Å². The molecule has 0 aliphatic carbocycles. The van der Waals surface area contributed by atoms with E-state index < -0.39 is 16.1 Å². The Bertz CT molecular complexity index is 1130. The number of H-pyrrole nitrogens is 1. The highest BCUT2D eigenvalue weighted by atomic mass is 32.2. The van der Waals surface area contributed by atoms with Crippen LogP contribution in [0, 0.1) is 0 Å². The number of hydrogen-bond acceptors (Lipinski definition) is 2. The maximum Gasteiger partial charge on any atom is 0.259 e. The molecule has 0 aliphatic rings. The van der Waals surface area contributed by atoms with Crippen LogP contribution in [-0.2, 0) is 10.0 Å². The van der Waals surface area contributed by atoms with Crippen LogP contribution in [0.25, 0.3) is 10.9 Å². The van der Waals surface area contributed by atoms with Gasteiger partial charge in [-0.25, -0.2) is 8.42 Å². The molecule has 0 bridgehead atoms. The molecule has 3 aromatic carbocycles. The highest BCUT2D eigenvalue weighted by Gasteiger charge is 2.36. The molecule has 0 fully saturated rings. The maximum absolute atomic E-state index is 13.8. The summed E-state index contributed by atoms with van der Waals surface area (Å²) < 4.78 is 29.3. The van der Waals surface area contributed by atoms with Crippen LogP contribution >= 0.6 is 0 Å². The third-order valence-electron chi connectivity index (χ3n) is 5.05. The van der Waals surface area contributed by atoms with Crippen molar-refractivity contribution < 1.29 is 8.42 Å². The normalized spacial score (nSPS) is 12.3. The number of nitrogens with one attached hydrogen (secondary N) is 1. The molecule has 0 unspecified atom stereocenters. The van der Waals surface area contributed by atoms with Gasteiger partial charge in [0.25, 0.3) is 10.0 Å². The largest absolute Gasteiger partial charge is 0.345 e. The van der Waals surface area contributed by atoms with Gasteiger partial charge in [-0.05, 0) is 37.1 Å². The number of nitrogens with zero attached hydrogens (tertiary/aromatic N) is 1. The lowest BCUT2D eigenvalue weighted by molar-refractivity contribution is 0.306. The molecule has 0 radical (unpaired) electrons. The van der Waals surface area contributed by atoms with Gasteiger partial charge in [0.1, 0.15) is 5.03 Å². The number of aromatic nitrogens is 1. The Labute approximate surface area is 171 Å². The molecular weight excluding hydrogens is 380 g/mol. The zero-order valence-corrected chi connectivity index (χ0v) is 17.3. The predicted octanol–water partition coefficient (Wildman–Crippen LogP) is 5.36. The monoisotopic (exact) mass is 404 g/mol. The summed E-state index contributed by atoms with van der Waals surface area (Å²) >= 11 is 0. The minimum Gasteiger partial charge on any atom is -0.345 e. The minimum atomic E-state index is -3.78. The van der Waals surface area contributed by atoms with Gasteiger partial charge >= 0.3 is 0 Å². The fourth-order valence-electron chi connectivity index (χ4n) is 3.77. The highest BCUT2D eigenvalue weighted by Crippen LogP contribution is 2.35. The van der Waals surface area contributed by atoms with E-state index in [1.54, 1.807) is 10.4 Å². The Morgan fingerprint density at radius 1 is 0.759 bits per heavy atom. The van der Waals surface area contributed by atoms with Crippen LogP contribution in [0.1, 0.15) is 31.0 Å². The van der Waals surface area contributed by atoms with Crippen LogP contribution in [0.2, 0.25) is 0 Å². The van der Waals surface area contributed by atoms with Gasteiger partial charge in [0, 0.05) is 16.9 Å². The summed E-state index contributed by atoms with van der Waals surface area (Å²) in [6.07, 6.45) is 0. The second kappa shape index (κ2) is 7.85. The van der Waals surface area contributed by atoms with Crippen molar-refractivity contribution in [3.63, 3.8) is 0 Å². The Balaban J connectivity index is 1.90.